The number of nitrogens with one attached hydrogen (secondary N) is 1. The first kappa shape index (κ1) is 24.4. The Morgan fingerprint density at radius 1 is 1.11 bits per heavy atom. The van der Waals surface area contributed by atoms with Crippen LogP contribution in [0.4, 0.5) is 11.6 Å². The Balaban J connectivity index is 1.80. The number of benzene rings is 2. The molecule has 0 amide bonds. The van der Waals surface area contributed by atoms with Crippen LogP contribution in [-0.2, 0) is 17.8 Å². The minimum Gasteiger partial charge on any atom is -0.481 e. The summed E-state index contributed by atoms with van der Waals surface area (Å²) in [7, 11) is 0. The maximum Gasteiger partial charge on any atom is 0.355 e. The summed E-state index contributed by atoms with van der Waals surface area (Å²) in [5, 5.41) is 13.0. The first-order valence-corrected chi connectivity index (χ1v) is 11.7. The Hall–Kier alpha value is -3.72. The normalized spacial score (nSPS) is 14.8. The average molecular weight is 497 g/mol. The van der Waals surface area contributed by atoms with E-state index in [2.05, 4.69) is 10.3 Å². The summed E-state index contributed by atoms with van der Waals surface area (Å²) in [6.07, 6.45) is 2.05. The number of ketones is 1. The molecule has 10 heteroatoms. The Morgan fingerprint density at radius 3 is 2.51 bits per heavy atom. The predicted molar refractivity (Wildman–Crippen MR) is 132 cm³/mol. The van der Waals surface area contributed by atoms with Gasteiger partial charge in [-0.3, -0.25) is 14.2 Å². The van der Waals surface area contributed by atoms with E-state index >= 15 is 0 Å². The van der Waals surface area contributed by atoms with Crippen molar-refractivity contribution in [2.24, 2.45) is 5.92 Å². The molecule has 182 valence electrons. The van der Waals surface area contributed by atoms with Gasteiger partial charge in [0.25, 0.3) is 0 Å². The molecule has 1 aromatic heterocycles. The van der Waals surface area contributed by atoms with E-state index in [0.717, 1.165) is 28.5 Å². The number of aromatic nitrogens is 3. The van der Waals surface area contributed by atoms with E-state index in [-0.39, 0.29) is 18.3 Å². The van der Waals surface area contributed by atoms with Crippen LogP contribution in [0.2, 0.25) is 5.02 Å². The Labute approximate surface area is 206 Å². The summed E-state index contributed by atoms with van der Waals surface area (Å²) in [6, 6.07) is 11.2. The number of nitrogens with zero attached hydrogens (tertiary/aromatic N) is 3. The smallest absolute Gasteiger partial charge is 0.355 e. The zero-order valence-corrected chi connectivity index (χ0v) is 20.1. The van der Waals surface area contributed by atoms with Crippen molar-refractivity contribution >= 4 is 35.0 Å². The minimum atomic E-state index is -1.13. The third-order valence-electron chi connectivity index (χ3n) is 6.39. The highest BCUT2D eigenvalue weighted by atomic mass is 35.5. The van der Waals surface area contributed by atoms with Gasteiger partial charge in [0, 0.05) is 22.7 Å². The number of carboxylic acid groups (broad SMARTS) is 1. The van der Waals surface area contributed by atoms with E-state index < -0.39 is 29.3 Å². The first-order chi connectivity index (χ1) is 16.7. The molecule has 2 atom stereocenters. The molecule has 2 aromatic carbocycles. The van der Waals surface area contributed by atoms with Crippen molar-refractivity contribution in [2.45, 2.75) is 45.7 Å². The molecule has 0 spiro atoms. The molecule has 1 unspecified atom stereocenters. The molecule has 0 fully saturated rings. The van der Waals surface area contributed by atoms with Crippen LogP contribution in [-0.4, -0.2) is 31.0 Å². The highest BCUT2D eigenvalue weighted by molar-refractivity contribution is 6.30. The number of hydrogen-bond acceptors (Lipinski definition) is 6. The molecule has 2 N–H and O–H groups in total. The van der Waals surface area contributed by atoms with Crippen LogP contribution < -0.4 is 16.7 Å². The lowest BCUT2D eigenvalue weighted by Gasteiger charge is -2.21. The number of halogens is 1. The third-order valence-corrected chi connectivity index (χ3v) is 6.64. The van der Waals surface area contributed by atoms with E-state index in [0.29, 0.717) is 22.7 Å². The second-order valence-corrected chi connectivity index (χ2v) is 9.16. The topological polar surface area (TPSA) is 123 Å². The molecule has 0 bridgehead atoms. The van der Waals surface area contributed by atoms with E-state index in [1.807, 2.05) is 6.07 Å². The van der Waals surface area contributed by atoms with Gasteiger partial charge in [0.1, 0.15) is 0 Å². The first-order valence-electron chi connectivity index (χ1n) is 11.3. The Bertz CT molecular complexity index is 1410. The quantitative estimate of drug-likeness (QED) is 0.511. The molecule has 4 rings (SSSR count). The number of aliphatic carboxylic acids is 1. The van der Waals surface area contributed by atoms with Crippen LogP contribution in [0.1, 0.15) is 54.2 Å². The van der Waals surface area contributed by atoms with Crippen molar-refractivity contribution in [2.75, 3.05) is 5.32 Å². The van der Waals surface area contributed by atoms with Crippen molar-refractivity contribution < 1.29 is 14.7 Å². The van der Waals surface area contributed by atoms with Gasteiger partial charge >= 0.3 is 17.3 Å². The van der Waals surface area contributed by atoms with Crippen LogP contribution >= 0.6 is 11.6 Å². The molecule has 1 aliphatic carbocycles. The van der Waals surface area contributed by atoms with Gasteiger partial charge in [-0.2, -0.15) is 4.98 Å². The van der Waals surface area contributed by atoms with Gasteiger partial charge < -0.3 is 10.4 Å². The molecule has 1 aliphatic rings. The molecule has 0 saturated heterocycles. The molecule has 0 radical (unpaired) electrons. The maximum atomic E-state index is 13.5. The zero-order chi connectivity index (χ0) is 25.3. The molecule has 1 heterocycles. The largest absolute Gasteiger partial charge is 0.481 e. The second kappa shape index (κ2) is 9.87. The van der Waals surface area contributed by atoms with Gasteiger partial charge in [0.05, 0.1) is 18.5 Å². The van der Waals surface area contributed by atoms with Gasteiger partial charge in [-0.1, -0.05) is 23.7 Å². The summed E-state index contributed by atoms with van der Waals surface area (Å²) in [5.41, 5.74) is 1.37. The maximum absolute atomic E-state index is 13.5. The van der Waals surface area contributed by atoms with Crippen LogP contribution in [0.3, 0.4) is 0 Å². The van der Waals surface area contributed by atoms with E-state index in [1.165, 1.54) is 18.4 Å². The van der Waals surface area contributed by atoms with E-state index in [1.54, 1.807) is 36.4 Å². The highest BCUT2D eigenvalue weighted by Gasteiger charge is 2.26. The third kappa shape index (κ3) is 5.05. The Morgan fingerprint density at radius 2 is 1.83 bits per heavy atom. The predicted octanol–water partition coefficient (Wildman–Crippen LogP) is 3.65. The van der Waals surface area contributed by atoms with Crippen LogP contribution in [0.25, 0.3) is 0 Å². The van der Waals surface area contributed by atoms with Gasteiger partial charge in [-0.25, -0.2) is 14.2 Å². The SMILES string of the molecule is CC([C@@H](C)C(=O)O)n1c(=O)nc(Nc2ccc3c(c2)CCCC3=O)n(Cc2ccc(Cl)cc2)c1=O. The lowest BCUT2D eigenvalue weighted by Crippen LogP contribution is -2.46. The van der Waals surface area contributed by atoms with E-state index in [4.69, 9.17) is 11.6 Å². The monoisotopic (exact) mass is 496 g/mol. The number of rotatable bonds is 7. The van der Waals surface area contributed by atoms with Crippen molar-refractivity contribution in [3.8, 4) is 0 Å². The summed E-state index contributed by atoms with van der Waals surface area (Å²) < 4.78 is 2.16. The molecule has 35 heavy (non-hydrogen) atoms. The molecule has 3 aromatic rings. The number of Topliss-reactive ketones (excluding diaryl/α,β-unsaturated/α-hetero) is 1. The van der Waals surface area contributed by atoms with E-state index in [9.17, 15) is 24.3 Å². The number of anilines is 2. The van der Waals surface area contributed by atoms with Crippen molar-refractivity contribution in [3.63, 3.8) is 0 Å². The van der Waals surface area contributed by atoms with Gasteiger partial charge in [0.2, 0.25) is 5.95 Å². The number of aryl methyl sites for hydroxylation is 1. The van der Waals surface area contributed by atoms with Gasteiger partial charge in [-0.15, -0.1) is 0 Å². The Kier molecular flexibility index (Phi) is 6.88. The lowest BCUT2D eigenvalue weighted by atomic mass is 9.90. The van der Waals surface area contributed by atoms with Gasteiger partial charge in [-0.05, 0) is 68.1 Å². The van der Waals surface area contributed by atoms with Crippen molar-refractivity contribution in [3.05, 3.63) is 85.1 Å². The van der Waals surface area contributed by atoms with Crippen LogP contribution in [0.5, 0.6) is 0 Å². The van der Waals surface area contributed by atoms with Crippen LogP contribution in [0, 0.1) is 5.92 Å². The fourth-order valence-electron chi connectivity index (χ4n) is 4.15. The minimum absolute atomic E-state index is 0.0171. The number of carbonyl (C=O) groups is 2. The van der Waals surface area contributed by atoms with Crippen LogP contribution in [0.15, 0.2) is 52.1 Å². The summed E-state index contributed by atoms with van der Waals surface area (Å²) in [6.45, 7) is 3.01. The van der Waals surface area contributed by atoms with Crippen molar-refractivity contribution in [1.29, 1.82) is 0 Å². The zero-order valence-electron chi connectivity index (χ0n) is 19.3. The number of hydrogen-bond donors (Lipinski definition) is 2. The molecule has 9 nitrogen and oxygen atoms in total. The molecular weight excluding hydrogens is 472 g/mol. The van der Waals surface area contributed by atoms with Crippen molar-refractivity contribution in [1.82, 2.24) is 14.1 Å². The van der Waals surface area contributed by atoms with Gasteiger partial charge in [0.15, 0.2) is 5.78 Å². The fraction of sp³-hybridized carbons (Fsp3) is 0.320. The molecule has 0 aliphatic heterocycles. The number of fused-ring (bicyclic) bond motifs is 1. The lowest BCUT2D eigenvalue weighted by molar-refractivity contribution is -0.142. The standard InChI is InChI=1S/C25H25ClN4O5/c1-14(22(32)33)15(2)30-24(34)28-23(29(25(30)35)13-16-6-8-18(26)9-7-16)27-19-10-11-20-17(12-19)4-3-5-21(20)31/h6-12,14-15H,3-5,13H2,1-2H3,(H,32,33)(H,27,28,34)/t14-,15?/m1/s1. The summed E-state index contributed by atoms with van der Waals surface area (Å²) >= 11 is 5.99. The summed E-state index contributed by atoms with van der Waals surface area (Å²) in [5.74, 6) is -2.00. The number of carboxylic acids is 1. The fourth-order valence-corrected chi connectivity index (χ4v) is 4.28. The number of carbonyl (C=O) groups excluding carboxylic acids is 1. The summed E-state index contributed by atoms with van der Waals surface area (Å²) in [4.78, 5) is 54.1. The second-order valence-electron chi connectivity index (χ2n) is 8.72. The molecule has 0 saturated carbocycles. The highest BCUT2D eigenvalue weighted by Crippen LogP contribution is 2.26. The molecular formula is C25H25ClN4O5. The average Bonchev–Trinajstić information content (AvgIpc) is 2.82.